The Morgan fingerprint density at radius 3 is 2.93 bits per heavy atom. The number of halogens is 1. The van der Waals surface area contributed by atoms with Crippen LogP contribution in [-0.4, -0.2) is 12.6 Å². The molecule has 15 heavy (non-hydrogen) atoms. The Morgan fingerprint density at radius 1 is 1.47 bits per heavy atom. The van der Waals surface area contributed by atoms with Crippen molar-refractivity contribution in [3.05, 3.63) is 33.8 Å². The molecule has 1 fully saturated rings. The summed E-state index contributed by atoms with van der Waals surface area (Å²) in [5, 5.41) is 3.49. The fourth-order valence-electron chi connectivity index (χ4n) is 2.08. The Labute approximate surface area is 99.4 Å². The third-order valence-electron chi connectivity index (χ3n) is 3.06. The van der Waals surface area contributed by atoms with Crippen molar-refractivity contribution >= 4 is 15.9 Å². The molecule has 0 aromatic heterocycles. The molecule has 1 aromatic rings. The first kappa shape index (κ1) is 11.1. The first-order valence-corrected chi connectivity index (χ1v) is 6.23. The molecule has 1 heterocycles. The van der Waals surface area contributed by atoms with E-state index >= 15 is 0 Å². The Morgan fingerprint density at radius 2 is 2.27 bits per heavy atom. The van der Waals surface area contributed by atoms with Crippen molar-refractivity contribution in [3.8, 4) is 0 Å². The SMILES string of the molecule is Cc1ccc([C@@H]2NCCC[C@@H]2N)cc1Br. The summed E-state index contributed by atoms with van der Waals surface area (Å²) in [6, 6.07) is 7.05. The zero-order chi connectivity index (χ0) is 10.8. The molecular weight excluding hydrogens is 252 g/mol. The Bertz CT molecular complexity index is 351. The van der Waals surface area contributed by atoms with E-state index in [0.29, 0.717) is 6.04 Å². The van der Waals surface area contributed by atoms with Crippen molar-refractivity contribution in [2.24, 2.45) is 5.73 Å². The Hall–Kier alpha value is -0.380. The van der Waals surface area contributed by atoms with Gasteiger partial charge in [0.2, 0.25) is 0 Å². The van der Waals surface area contributed by atoms with Crippen LogP contribution in [0.1, 0.15) is 30.0 Å². The highest BCUT2D eigenvalue weighted by Crippen LogP contribution is 2.26. The second-order valence-electron chi connectivity index (χ2n) is 4.25. The van der Waals surface area contributed by atoms with E-state index in [1.54, 1.807) is 0 Å². The lowest BCUT2D eigenvalue weighted by atomic mass is 9.93. The maximum Gasteiger partial charge on any atom is 0.0474 e. The predicted octanol–water partition coefficient (Wildman–Crippen LogP) is 2.51. The Kier molecular flexibility index (Phi) is 3.44. The van der Waals surface area contributed by atoms with Crippen LogP contribution >= 0.6 is 15.9 Å². The lowest BCUT2D eigenvalue weighted by molar-refractivity contribution is 0.358. The van der Waals surface area contributed by atoms with E-state index < -0.39 is 0 Å². The van der Waals surface area contributed by atoms with Crippen LogP contribution in [0.25, 0.3) is 0 Å². The molecule has 0 bridgehead atoms. The molecule has 1 aliphatic heterocycles. The maximum atomic E-state index is 6.12. The fourth-order valence-corrected chi connectivity index (χ4v) is 2.48. The van der Waals surface area contributed by atoms with Crippen LogP contribution in [0.4, 0.5) is 0 Å². The van der Waals surface area contributed by atoms with Crippen molar-refractivity contribution in [1.29, 1.82) is 0 Å². The van der Waals surface area contributed by atoms with Crippen molar-refractivity contribution < 1.29 is 0 Å². The Balaban J connectivity index is 2.24. The van der Waals surface area contributed by atoms with Crippen LogP contribution in [0, 0.1) is 6.92 Å². The van der Waals surface area contributed by atoms with Gasteiger partial charge in [0.1, 0.15) is 0 Å². The molecule has 2 atom stereocenters. The van der Waals surface area contributed by atoms with E-state index in [-0.39, 0.29) is 6.04 Å². The summed E-state index contributed by atoms with van der Waals surface area (Å²) in [6.45, 7) is 3.17. The van der Waals surface area contributed by atoms with Gasteiger partial charge in [0, 0.05) is 16.6 Å². The lowest BCUT2D eigenvalue weighted by Gasteiger charge is -2.30. The summed E-state index contributed by atoms with van der Waals surface area (Å²) < 4.78 is 1.17. The minimum Gasteiger partial charge on any atom is -0.326 e. The minimum absolute atomic E-state index is 0.244. The molecule has 1 aromatic carbocycles. The summed E-state index contributed by atoms with van der Waals surface area (Å²) in [6.07, 6.45) is 2.30. The van der Waals surface area contributed by atoms with E-state index in [1.165, 1.54) is 22.0 Å². The standard InChI is InChI=1S/C12H17BrN2/c1-8-4-5-9(7-10(8)13)12-11(14)3-2-6-15-12/h4-5,7,11-12,15H,2-3,6,14H2,1H3/t11-,12-/m0/s1. The number of piperidine rings is 1. The third kappa shape index (κ3) is 2.41. The molecule has 82 valence electrons. The minimum atomic E-state index is 0.244. The lowest BCUT2D eigenvalue weighted by Crippen LogP contribution is -2.42. The molecule has 0 spiro atoms. The zero-order valence-electron chi connectivity index (χ0n) is 8.96. The van der Waals surface area contributed by atoms with Gasteiger partial charge in [-0.15, -0.1) is 0 Å². The van der Waals surface area contributed by atoms with Gasteiger partial charge in [-0.1, -0.05) is 28.1 Å². The number of nitrogens with two attached hydrogens (primary N) is 1. The van der Waals surface area contributed by atoms with E-state index in [0.717, 1.165) is 13.0 Å². The van der Waals surface area contributed by atoms with Crippen LogP contribution in [-0.2, 0) is 0 Å². The molecule has 1 aliphatic rings. The monoisotopic (exact) mass is 268 g/mol. The number of aryl methyl sites for hydroxylation is 1. The van der Waals surface area contributed by atoms with Crippen molar-refractivity contribution in [3.63, 3.8) is 0 Å². The molecule has 2 rings (SSSR count). The molecule has 3 heteroatoms. The van der Waals surface area contributed by atoms with Gasteiger partial charge in [0.05, 0.1) is 0 Å². The summed E-state index contributed by atoms with van der Waals surface area (Å²) in [5.74, 6) is 0. The van der Waals surface area contributed by atoms with Gasteiger partial charge in [0.25, 0.3) is 0 Å². The van der Waals surface area contributed by atoms with Gasteiger partial charge < -0.3 is 11.1 Å². The highest BCUT2D eigenvalue weighted by atomic mass is 79.9. The average molecular weight is 269 g/mol. The predicted molar refractivity (Wildman–Crippen MR) is 66.8 cm³/mol. The number of rotatable bonds is 1. The first-order chi connectivity index (χ1) is 7.18. The molecule has 0 unspecified atom stereocenters. The van der Waals surface area contributed by atoms with Gasteiger partial charge in [-0.05, 0) is 43.5 Å². The number of benzene rings is 1. The van der Waals surface area contributed by atoms with Crippen LogP contribution < -0.4 is 11.1 Å². The van der Waals surface area contributed by atoms with E-state index in [4.69, 9.17) is 5.73 Å². The molecule has 0 amide bonds. The molecule has 0 saturated carbocycles. The number of hydrogen-bond donors (Lipinski definition) is 2. The molecule has 0 aliphatic carbocycles. The van der Waals surface area contributed by atoms with Crippen molar-refractivity contribution in [1.82, 2.24) is 5.32 Å². The summed E-state index contributed by atoms with van der Waals surface area (Å²) in [5.41, 5.74) is 8.68. The normalized spacial score (nSPS) is 26.6. The smallest absolute Gasteiger partial charge is 0.0474 e. The van der Waals surface area contributed by atoms with E-state index in [2.05, 4.69) is 46.4 Å². The maximum absolute atomic E-state index is 6.12. The van der Waals surface area contributed by atoms with Gasteiger partial charge in [0.15, 0.2) is 0 Å². The molecule has 0 radical (unpaired) electrons. The van der Waals surface area contributed by atoms with Gasteiger partial charge in [-0.3, -0.25) is 0 Å². The van der Waals surface area contributed by atoms with Crippen molar-refractivity contribution in [2.45, 2.75) is 31.8 Å². The van der Waals surface area contributed by atoms with Gasteiger partial charge in [-0.2, -0.15) is 0 Å². The summed E-state index contributed by atoms with van der Waals surface area (Å²) in [7, 11) is 0. The molecule has 2 nitrogen and oxygen atoms in total. The van der Waals surface area contributed by atoms with E-state index in [1.807, 2.05) is 0 Å². The number of hydrogen-bond acceptors (Lipinski definition) is 2. The second kappa shape index (κ2) is 4.64. The van der Waals surface area contributed by atoms with Crippen LogP contribution in [0.2, 0.25) is 0 Å². The second-order valence-corrected chi connectivity index (χ2v) is 5.10. The molecular formula is C12H17BrN2. The first-order valence-electron chi connectivity index (χ1n) is 5.43. The summed E-state index contributed by atoms with van der Waals surface area (Å²) in [4.78, 5) is 0. The largest absolute Gasteiger partial charge is 0.326 e. The zero-order valence-corrected chi connectivity index (χ0v) is 10.5. The van der Waals surface area contributed by atoms with Gasteiger partial charge >= 0.3 is 0 Å². The van der Waals surface area contributed by atoms with Gasteiger partial charge in [-0.25, -0.2) is 0 Å². The summed E-state index contributed by atoms with van der Waals surface area (Å²) >= 11 is 3.56. The van der Waals surface area contributed by atoms with Crippen LogP contribution in [0.15, 0.2) is 22.7 Å². The highest BCUT2D eigenvalue weighted by molar-refractivity contribution is 9.10. The molecule has 1 saturated heterocycles. The van der Waals surface area contributed by atoms with Crippen LogP contribution in [0.5, 0.6) is 0 Å². The average Bonchev–Trinajstić information content (AvgIpc) is 2.23. The third-order valence-corrected chi connectivity index (χ3v) is 3.92. The number of nitrogens with one attached hydrogen (secondary N) is 1. The van der Waals surface area contributed by atoms with Crippen molar-refractivity contribution in [2.75, 3.05) is 6.54 Å². The van der Waals surface area contributed by atoms with E-state index in [9.17, 15) is 0 Å². The topological polar surface area (TPSA) is 38.0 Å². The van der Waals surface area contributed by atoms with Crippen LogP contribution in [0.3, 0.4) is 0 Å². The fraction of sp³-hybridized carbons (Fsp3) is 0.500. The quantitative estimate of drug-likeness (QED) is 0.822. The molecule has 3 N–H and O–H groups in total. The highest BCUT2D eigenvalue weighted by Gasteiger charge is 2.22.